The van der Waals surface area contributed by atoms with Crippen LogP contribution in [0.15, 0.2) is 0 Å². The van der Waals surface area contributed by atoms with Crippen LogP contribution in [0.2, 0.25) is 0 Å². The smallest absolute Gasteiger partial charge is 0.333 e. The van der Waals surface area contributed by atoms with Crippen LogP contribution >= 0.6 is 0 Å². The van der Waals surface area contributed by atoms with Gasteiger partial charge in [-0.1, -0.05) is 0 Å². The number of nitrogens with one attached hydrogen (secondary N) is 1. The second-order valence-electron chi connectivity index (χ2n) is 4.61. The summed E-state index contributed by atoms with van der Waals surface area (Å²) in [6.45, 7) is 3.98. The zero-order valence-electron chi connectivity index (χ0n) is 10.7. The molecule has 0 aliphatic carbocycles. The summed E-state index contributed by atoms with van der Waals surface area (Å²) in [7, 11) is 1.71. The molecule has 0 amide bonds. The number of anilines is 1. The van der Waals surface area contributed by atoms with Gasteiger partial charge in [0.25, 0.3) is 0 Å². The standard InChI is InChI=1S/C11H18N4O3/c1-8-10(15(16)17)11(14(2)13-8)12-5-3-9-4-6-18-7-9/h9,12H,3-7H2,1-2H3. The molecule has 2 heterocycles. The molecule has 100 valence electrons. The number of hydrogen-bond donors (Lipinski definition) is 1. The second-order valence-corrected chi connectivity index (χ2v) is 4.61. The molecule has 0 bridgehead atoms. The molecule has 1 aromatic heterocycles. The fourth-order valence-corrected chi connectivity index (χ4v) is 2.27. The molecule has 1 aliphatic rings. The number of rotatable bonds is 5. The van der Waals surface area contributed by atoms with E-state index in [4.69, 9.17) is 4.74 Å². The highest BCUT2D eigenvalue weighted by molar-refractivity contribution is 5.59. The average molecular weight is 254 g/mol. The van der Waals surface area contributed by atoms with Gasteiger partial charge in [-0.25, -0.2) is 4.68 Å². The first-order valence-corrected chi connectivity index (χ1v) is 6.09. The SMILES string of the molecule is Cc1nn(C)c(NCCC2CCOC2)c1[N+](=O)[O-]. The summed E-state index contributed by atoms with van der Waals surface area (Å²) in [6, 6.07) is 0. The van der Waals surface area contributed by atoms with Gasteiger partial charge in [-0.2, -0.15) is 5.10 Å². The Morgan fingerprint density at radius 3 is 3.06 bits per heavy atom. The number of hydrogen-bond acceptors (Lipinski definition) is 5. The lowest BCUT2D eigenvalue weighted by Crippen LogP contribution is -2.12. The lowest BCUT2D eigenvalue weighted by molar-refractivity contribution is -0.384. The molecule has 1 aromatic rings. The minimum absolute atomic E-state index is 0.0696. The number of nitrogens with zero attached hydrogens (tertiary/aromatic N) is 3. The molecule has 1 saturated heterocycles. The Morgan fingerprint density at radius 2 is 2.44 bits per heavy atom. The van der Waals surface area contributed by atoms with Crippen LogP contribution in [0.4, 0.5) is 11.5 Å². The maximum atomic E-state index is 11.0. The van der Waals surface area contributed by atoms with E-state index in [1.54, 1.807) is 14.0 Å². The van der Waals surface area contributed by atoms with Gasteiger partial charge in [0.15, 0.2) is 0 Å². The summed E-state index contributed by atoms with van der Waals surface area (Å²) in [5.74, 6) is 1.04. The van der Waals surface area contributed by atoms with E-state index in [1.807, 2.05) is 0 Å². The molecule has 7 nitrogen and oxygen atoms in total. The zero-order chi connectivity index (χ0) is 13.1. The van der Waals surface area contributed by atoms with Crippen LogP contribution in [-0.2, 0) is 11.8 Å². The Labute approximate surface area is 105 Å². The van der Waals surface area contributed by atoms with Crippen molar-refractivity contribution in [3.05, 3.63) is 15.8 Å². The fourth-order valence-electron chi connectivity index (χ4n) is 2.27. The third-order valence-electron chi connectivity index (χ3n) is 3.24. The van der Waals surface area contributed by atoms with E-state index >= 15 is 0 Å². The number of nitro groups is 1. The van der Waals surface area contributed by atoms with Crippen molar-refractivity contribution in [2.45, 2.75) is 19.8 Å². The molecule has 1 fully saturated rings. The van der Waals surface area contributed by atoms with E-state index in [1.165, 1.54) is 4.68 Å². The van der Waals surface area contributed by atoms with E-state index in [2.05, 4.69) is 10.4 Å². The van der Waals surface area contributed by atoms with Crippen molar-refractivity contribution < 1.29 is 9.66 Å². The van der Waals surface area contributed by atoms with E-state index in [-0.39, 0.29) is 10.6 Å². The predicted molar refractivity (Wildman–Crippen MR) is 66.6 cm³/mol. The van der Waals surface area contributed by atoms with Crippen LogP contribution in [0.25, 0.3) is 0 Å². The fraction of sp³-hybridized carbons (Fsp3) is 0.727. The molecular formula is C11H18N4O3. The highest BCUT2D eigenvalue weighted by Crippen LogP contribution is 2.27. The molecule has 0 spiro atoms. The van der Waals surface area contributed by atoms with Crippen LogP contribution < -0.4 is 5.32 Å². The van der Waals surface area contributed by atoms with Gasteiger partial charge in [0.1, 0.15) is 5.69 Å². The van der Waals surface area contributed by atoms with Crippen LogP contribution in [-0.4, -0.2) is 34.5 Å². The van der Waals surface area contributed by atoms with Crippen molar-refractivity contribution in [3.8, 4) is 0 Å². The Balaban J connectivity index is 1.97. The Hall–Kier alpha value is -1.63. The zero-order valence-corrected chi connectivity index (χ0v) is 10.7. The Kier molecular flexibility index (Phi) is 3.81. The van der Waals surface area contributed by atoms with Gasteiger partial charge in [0, 0.05) is 26.8 Å². The molecule has 7 heteroatoms. The molecule has 1 atom stereocenters. The molecule has 1 unspecified atom stereocenters. The first-order valence-electron chi connectivity index (χ1n) is 6.09. The summed E-state index contributed by atoms with van der Waals surface area (Å²) in [6.07, 6.45) is 2.04. The summed E-state index contributed by atoms with van der Waals surface area (Å²) >= 11 is 0. The minimum Gasteiger partial charge on any atom is -0.381 e. The highest BCUT2D eigenvalue weighted by atomic mass is 16.6. The van der Waals surface area contributed by atoms with Gasteiger partial charge in [0.05, 0.1) is 4.92 Å². The number of aromatic nitrogens is 2. The average Bonchev–Trinajstić information content (AvgIpc) is 2.87. The van der Waals surface area contributed by atoms with Gasteiger partial charge < -0.3 is 10.1 Å². The lowest BCUT2D eigenvalue weighted by Gasteiger charge is -2.09. The van der Waals surface area contributed by atoms with Gasteiger partial charge in [-0.15, -0.1) is 0 Å². The van der Waals surface area contributed by atoms with E-state index in [9.17, 15) is 10.1 Å². The molecule has 0 radical (unpaired) electrons. The maximum absolute atomic E-state index is 11.0. The van der Waals surface area contributed by atoms with Gasteiger partial charge in [0.2, 0.25) is 5.82 Å². The van der Waals surface area contributed by atoms with Crippen LogP contribution in [0.5, 0.6) is 0 Å². The molecule has 1 N–H and O–H groups in total. The summed E-state index contributed by atoms with van der Waals surface area (Å²) < 4.78 is 6.82. The second kappa shape index (κ2) is 5.34. The minimum atomic E-state index is -0.386. The molecule has 18 heavy (non-hydrogen) atoms. The van der Waals surface area contributed by atoms with Crippen LogP contribution in [0, 0.1) is 23.0 Å². The van der Waals surface area contributed by atoms with Crippen molar-refractivity contribution in [1.82, 2.24) is 9.78 Å². The molecule has 2 rings (SSSR count). The van der Waals surface area contributed by atoms with Gasteiger partial charge >= 0.3 is 5.69 Å². The summed E-state index contributed by atoms with van der Waals surface area (Å²) in [5, 5.41) is 18.2. The lowest BCUT2D eigenvalue weighted by atomic mass is 10.1. The van der Waals surface area contributed by atoms with Crippen molar-refractivity contribution in [1.29, 1.82) is 0 Å². The maximum Gasteiger partial charge on any atom is 0.333 e. The first-order chi connectivity index (χ1) is 8.59. The van der Waals surface area contributed by atoms with E-state index in [0.717, 1.165) is 26.1 Å². The van der Waals surface area contributed by atoms with Crippen molar-refractivity contribution in [2.24, 2.45) is 13.0 Å². The third kappa shape index (κ3) is 2.61. The largest absolute Gasteiger partial charge is 0.381 e. The van der Waals surface area contributed by atoms with Crippen molar-refractivity contribution in [2.75, 3.05) is 25.1 Å². The normalized spacial score (nSPS) is 19.1. The van der Waals surface area contributed by atoms with E-state index < -0.39 is 0 Å². The Bertz CT molecular complexity index is 438. The van der Waals surface area contributed by atoms with E-state index in [0.29, 0.717) is 24.0 Å². The summed E-state index contributed by atoms with van der Waals surface area (Å²) in [4.78, 5) is 10.6. The van der Waals surface area contributed by atoms with Crippen LogP contribution in [0.1, 0.15) is 18.5 Å². The van der Waals surface area contributed by atoms with Crippen LogP contribution in [0.3, 0.4) is 0 Å². The van der Waals surface area contributed by atoms with Crippen molar-refractivity contribution in [3.63, 3.8) is 0 Å². The molecule has 0 aromatic carbocycles. The Morgan fingerprint density at radius 1 is 1.67 bits per heavy atom. The van der Waals surface area contributed by atoms with Gasteiger partial charge in [-0.05, 0) is 25.7 Å². The molecular weight excluding hydrogens is 236 g/mol. The topological polar surface area (TPSA) is 82.2 Å². The highest BCUT2D eigenvalue weighted by Gasteiger charge is 2.24. The first kappa shape index (κ1) is 12.8. The number of aryl methyl sites for hydroxylation is 2. The summed E-state index contributed by atoms with van der Waals surface area (Å²) in [5.41, 5.74) is 0.509. The quantitative estimate of drug-likeness (QED) is 0.635. The third-order valence-corrected chi connectivity index (χ3v) is 3.24. The van der Waals surface area contributed by atoms with Crippen molar-refractivity contribution >= 4 is 11.5 Å². The number of ether oxygens (including phenoxy) is 1. The monoisotopic (exact) mass is 254 g/mol. The molecule has 0 saturated carbocycles. The molecule has 1 aliphatic heterocycles. The predicted octanol–water partition coefficient (Wildman–Crippen LogP) is 1.48. The van der Waals surface area contributed by atoms with Gasteiger partial charge in [-0.3, -0.25) is 10.1 Å².